The zero-order valence-electron chi connectivity index (χ0n) is 29.2. The molecule has 3 heterocycles. The summed E-state index contributed by atoms with van der Waals surface area (Å²) in [5.41, 5.74) is 1.95. The maximum absolute atomic E-state index is 14.8. The third-order valence-electron chi connectivity index (χ3n) is 10.1. The minimum absolute atomic E-state index is 0.0621. The van der Waals surface area contributed by atoms with E-state index < -0.39 is 47.7 Å². The van der Waals surface area contributed by atoms with Gasteiger partial charge in [-0.25, -0.2) is 0 Å². The zero-order valence-corrected chi connectivity index (χ0v) is 29.2. The van der Waals surface area contributed by atoms with Crippen LogP contribution in [0.1, 0.15) is 54.9 Å². The predicted octanol–water partition coefficient (Wildman–Crippen LogP) is 3.96. The molecular weight excluding hydrogens is 638 g/mol. The van der Waals surface area contributed by atoms with Crippen molar-refractivity contribution in [2.24, 2.45) is 11.8 Å². The molecule has 0 saturated carbocycles. The molecule has 0 aromatic heterocycles. The van der Waals surface area contributed by atoms with E-state index in [1.807, 2.05) is 62.4 Å². The summed E-state index contributed by atoms with van der Waals surface area (Å²) in [6.45, 7) is 11.7. The molecule has 0 aliphatic carbocycles. The number of nitrogens with one attached hydrogen (secondary N) is 1. The lowest BCUT2D eigenvalue weighted by molar-refractivity contribution is -0.163. The van der Waals surface area contributed by atoms with Crippen molar-refractivity contribution in [1.29, 1.82) is 0 Å². The molecule has 3 amide bonds. The second kappa shape index (κ2) is 16.1. The van der Waals surface area contributed by atoms with Gasteiger partial charge in [0.1, 0.15) is 17.7 Å². The number of rotatable bonds is 17. The van der Waals surface area contributed by atoms with Crippen LogP contribution in [0, 0.1) is 25.7 Å². The summed E-state index contributed by atoms with van der Waals surface area (Å²) >= 11 is 0. The van der Waals surface area contributed by atoms with Crippen LogP contribution in [0.15, 0.2) is 73.8 Å². The summed E-state index contributed by atoms with van der Waals surface area (Å²) in [4.78, 5) is 59.6. The fourth-order valence-electron chi connectivity index (χ4n) is 7.90. The molecule has 11 heteroatoms. The lowest BCUT2D eigenvalue weighted by Crippen LogP contribution is -2.56. The van der Waals surface area contributed by atoms with Crippen LogP contribution in [0.5, 0.6) is 0 Å². The smallest absolute Gasteiger partial charge is 0.313 e. The molecule has 2 aromatic rings. The van der Waals surface area contributed by atoms with Crippen molar-refractivity contribution in [2.75, 3.05) is 38.3 Å². The number of hydrogen-bond acceptors (Lipinski definition) is 8. The van der Waals surface area contributed by atoms with Crippen LogP contribution in [0.2, 0.25) is 0 Å². The number of hydrogen-bond donors (Lipinski definition) is 2. The van der Waals surface area contributed by atoms with Gasteiger partial charge >= 0.3 is 5.97 Å². The molecule has 2 aromatic carbocycles. The fourth-order valence-corrected chi connectivity index (χ4v) is 7.90. The van der Waals surface area contributed by atoms with Crippen molar-refractivity contribution in [3.63, 3.8) is 0 Å². The predicted molar refractivity (Wildman–Crippen MR) is 188 cm³/mol. The van der Waals surface area contributed by atoms with Gasteiger partial charge in [0.15, 0.2) is 0 Å². The van der Waals surface area contributed by atoms with Crippen molar-refractivity contribution in [1.82, 2.24) is 10.2 Å². The number of ether oxygens (including phenoxy) is 3. The van der Waals surface area contributed by atoms with E-state index in [9.17, 15) is 24.3 Å². The number of likely N-dealkylation sites (tertiary alicyclic amines) is 1. The number of anilines is 1. The molecule has 3 saturated heterocycles. The van der Waals surface area contributed by atoms with Gasteiger partial charge in [0.2, 0.25) is 11.8 Å². The molecule has 268 valence electrons. The minimum atomic E-state index is -1.26. The minimum Gasteiger partial charge on any atom is -0.455 e. The molecule has 5 rings (SSSR count). The van der Waals surface area contributed by atoms with Crippen LogP contribution >= 0.6 is 0 Å². The van der Waals surface area contributed by atoms with Gasteiger partial charge in [-0.2, -0.15) is 0 Å². The normalized spacial score (nSPS) is 24.7. The Hall–Kier alpha value is -4.32. The first-order chi connectivity index (χ1) is 24.1. The molecule has 3 fully saturated rings. The van der Waals surface area contributed by atoms with Gasteiger partial charge in [-0.05, 0) is 62.3 Å². The van der Waals surface area contributed by atoms with Crippen LogP contribution in [-0.4, -0.2) is 90.9 Å². The first-order valence-corrected chi connectivity index (χ1v) is 17.3. The Kier molecular flexibility index (Phi) is 11.9. The van der Waals surface area contributed by atoms with Crippen molar-refractivity contribution >= 4 is 29.4 Å². The fraction of sp³-hybridized carbons (Fsp3) is 0.487. The number of amides is 3. The summed E-state index contributed by atoms with van der Waals surface area (Å²) in [6, 6.07) is 13.2. The number of aryl methyl sites for hydroxylation is 2. The quantitative estimate of drug-likeness (QED) is 0.189. The average Bonchev–Trinajstić information content (AvgIpc) is 3.76. The van der Waals surface area contributed by atoms with Gasteiger partial charge in [0.05, 0.1) is 30.6 Å². The van der Waals surface area contributed by atoms with Crippen molar-refractivity contribution in [3.8, 4) is 0 Å². The molecule has 3 aliphatic rings. The second-order valence-corrected chi connectivity index (χ2v) is 13.4. The summed E-state index contributed by atoms with van der Waals surface area (Å²) in [7, 11) is 1.50. The maximum Gasteiger partial charge on any atom is 0.313 e. The van der Waals surface area contributed by atoms with Crippen LogP contribution in [0.3, 0.4) is 0 Å². The molecule has 7 atom stereocenters. The topological polar surface area (TPSA) is 135 Å². The highest BCUT2D eigenvalue weighted by Crippen LogP contribution is 2.59. The van der Waals surface area contributed by atoms with E-state index in [2.05, 4.69) is 18.5 Å². The largest absolute Gasteiger partial charge is 0.455 e. The Bertz CT molecular complexity index is 1580. The molecule has 0 unspecified atom stereocenters. The summed E-state index contributed by atoms with van der Waals surface area (Å²) in [5, 5.41) is 12.7. The van der Waals surface area contributed by atoms with Gasteiger partial charge in [-0.3, -0.25) is 19.2 Å². The first-order valence-electron chi connectivity index (χ1n) is 17.3. The Morgan fingerprint density at radius 3 is 2.60 bits per heavy atom. The second-order valence-electron chi connectivity index (χ2n) is 13.4. The molecule has 2 N–H and O–H groups in total. The Labute approximate surface area is 294 Å². The monoisotopic (exact) mass is 687 g/mol. The van der Waals surface area contributed by atoms with Gasteiger partial charge in [-0.1, -0.05) is 54.6 Å². The van der Waals surface area contributed by atoms with Crippen molar-refractivity contribution in [3.05, 3.63) is 90.5 Å². The third-order valence-corrected chi connectivity index (χ3v) is 10.1. The molecule has 50 heavy (non-hydrogen) atoms. The average molecular weight is 688 g/mol. The van der Waals surface area contributed by atoms with Gasteiger partial charge in [0, 0.05) is 38.9 Å². The van der Waals surface area contributed by atoms with Gasteiger partial charge in [-0.15, -0.1) is 13.2 Å². The standard InChI is InChI=1S/C39H49N3O8/c1-6-8-15-31(44)40-28(24-48-5)34(27-13-10-9-11-14-27)49-38(47)32-30-18-19-39(50-30)33(32)36(45)42(21-12-22-43)35(39)37(46)41(20-7-2)29-23-25(3)16-17-26(29)4/h6-7,9-11,13-14,16-17,23,28,30,32-35,43H,1-2,8,12,15,18-22,24H2,3-5H3,(H,40,44)/t28-,30+,32-,33-,34-,35+,39-/m1/s1. The number of aliphatic hydroxyl groups excluding tert-OH is 1. The lowest BCUT2D eigenvalue weighted by Gasteiger charge is -2.37. The number of methoxy groups -OCH3 is 1. The lowest BCUT2D eigenvalue weighted by atomic mass is 9.70. The Morgan fingerprint density at radius 2 is 1.92 bits per heavy atom. The van der Waals surface area contributed by atoms with Crippen LogP contribution < -0.4 is 10.2 Å². The highest BCUT2D eigenvalue weighted by Gasteiger charge is 2.75. The number of aliphatic hydroxyl groups is 1. The third kappa shape index (κ3) is 7.12. The van der Waals surface area contributed by atoms with E-state index in [0.717, 1.165) is 11.1 Å². The van der Waals surface area contributed by atoms with E-state index in [1.54, 1.807) is 17.1 Å². The summed E-state index contributed by atoms with van der Waals surface area (Å²) in [6.07, 6.45) is 3.54. The van der Waals surface area contributed by atoms with Crippen molar-refractivity contribution < 1.29 is 38.5 Å². The van der Waals surface area contributed by atoms with E-state index in [4.69, 9.17) is 14.2 Å². The summed E-state index contributed by atoms with van der Waals surface area (Å²) in [5.74, 6) is -3.53. The van der Waals surface area contributed by atoms with Gasteiger partial charge in [0.25, 0.3) is 5.91 Å². The Balaban J connectivity index is 1.50. The molecule has 11 nitrogen and oxygen atoms in total. The van der Waals surface area contributed by atoms with E-state index in [-0.39, 0.29) is 56.9 Å². The maximum atomic E-state index is 14.8. The SMILES string of the molecule is C=CCCC(=O)N[C@H](COC)[C@H](OC(=O)[C@@H]1[C@@H]2CC[C@]3(O2)[C@H](C(=O)N(CC=C)c2cc(C)ccc2C)N(CCCO)C(=O)[C@@H]13)c1ccccc1. The molecule has 3 aliphatic heterocycles. The van der Waals surface area contributed by atoms with E-state index in [0.29, 0.717) is 30.5 Å². The number of nitrogens with zero attached hydrogens (tertiary/aromatic N) is 2. The van der Waals surface area contributed by atoms with E-state index >= 15 is 0 Å². The number of esters is 1. The number of carbonyl (C=O) groups excluding carboxylic acids is 4. The number of carbonyl (C=O) groups is 4. The zero-order chi connectivity index (χ0) is 36.0. The molecule has 1 spiro atoms. The first kappa shape index (κ1) is 36.9. The van der Waals surface area contributed by atoms with Crippen LogP contribution in [0.4, 0.5) is 5.69 Å². The Morgan fingerprint density at radius 1 is 1.16 bits per heavy atom. The molecule has 0 radical (unpaired) electrons. The van der Waals surface area contributed by atoms with E-state index in [1.165, 1.54) is 12.0 Å². The van der Waals surface area contributed by atoms with Gasteiger partial charge < -0.3 is 34.4 Å². The van der Waals surface area contributed by atoms with Crippen LogP contribution in [0.25, 0.3) is 0 Å². The molecule has 2 bridgehead atoms. The summed E-state index contributed by atoms with van der Waals surface area (Å²) < 4.78 is 18.4. The molecular formula is C39H49N3O8. The highest BCUT2D eigenvalue weighted by atomic mass is 16.6. The number of allylic oxidation sites excluding steroid dienone is 1. The number of fused-ring (bicyclic) bond motifs is 1. The highest BCUT2D eigenvalue weighted by molar-refractivity contribution is 6.05. The van der Waals surface area contributed by atoms with Crippen LogP contribution in [-0.2, 0) is 33.4 Å². The number of benzene rings is 2. The van der Waals surface area contributed by atoms with Crippen molar-refractivity contribution in [2.45, 2.75) is 75.8 Å².